The summed E-state index contributed by atoms with van der Waals surface area (Å²) in [7, 11) is 1.70. The third-order valence-electron chi connectivity index (χ3n) is 4.19. The molecular formula is C17H28N2O2. The number of ether oxygens (including phenoxy) is 2. The van der Waals surface area contributed by atoms with Crippen LogP contribution >= 0.6 is 0 Å². The minimum atomic E-state index is 0.297. The van der Waals surface area contributed by atoms with Crippen LogP contribution in [-0.4, -0.2) is 50.9 Å². The van der Waals surface area contributed by atoms with E-state index in [1.54, 1.807) is 7.11 Å². The quantitative estimate of drug-likeness (QED) is 0.837. The normalized spacial score (nSPS) is 21.2. The van der Waals surface area contributed by atoms with E-state index in [2.05, 4.69) is 36.2 Å². The fraction of sp³-hybridized carbons (Fsp3) is 0.647. The standard InChI is InChI=1S/C17H28N2O2/c1-4-17(14-6-8-15(20-3)9-7-14)18-12-16-13-19(5-2)10-11-21-16/h6-9,16-18H,4-5,10-13H2,1-3H3. The molecule has 0 bridgehead atoms. The number of morpholine rings is 1. The van der Waals surface area contributed by atoms with Gasteiger partial charge in [-0.15, -0.1) is 0 Å². The van der Waals surface area contributed by atoms with Gasteiger partial charge in [-0.1, -0.05) is 26.0 Å². The number of nitrogens with zero attached hydrogens (tertiary/aromatic N) is 1. The maximum absolute atomic E-state index is 5.85. The zero-order chi connectivity index (χ0) is 15.1. The first kappa shape index (κ1) is 16.3. The predicted molar refractivity (Wildman–Crippen MR) is 85.9 cm³/mol. The van der Waals surface area contributed by atoms with E-state index in [-0.39, 0.29) is 0 Å². The highest BCUT2D eigenvalue weighted by molar-refractivity contribution is 5.29. The second-order valence-electron chi connectivity index (χ2n) is 5.53. The molecule has 2 atom stereocenters. The molecule has 1 heterocycles. The molecule has 0 spiro atoms. The molecule has 1 aliphatic heterocycles. The lowest BCUT2D eigenvalue weighted by atomic mass is 10.0. The molecule has 1 aromatic carbocycles. The van der Waals surface area contributed by atoms with Crippen molar-refractivity contribution in [1.82, 2.24) is 10.2 Å². The number of hydrogen-bond donors (Lipinski definition) is 1. The minimum absolute atomic E-state index is 0.297. The van der Waals surface area contributed by atoms with Gasteiger partial charge in [0.25, 0.3) is 0 Å². The Morgan fingerprint density at radius 2 is 2.10 bits per heavy atom. The van der Waals surface area contributed by atoms with Crippen molar-refractivity contribution in [2.75, 3.05) is 39.9 Å². The molecule has 1 fully saturated rings. The number of nitrogens with one attached hydrogen (secondary N) is 1. The molecule has 2 rings (SSSR count). The van der Waals surface area contributed by atoms with Crippen LogP contribution in [0.2, 0.25) is 0 Å². The summed E-state index contributed by atoms with van der Waals surface area (Å²) in [6.45, 7) is 9.37. The highest BCUT2D eigenvalue weighted by Crippen LogP contribution is 2.20. The molecule has 1 aliphatic rings. The van der Waals surface area contributed by atoms with E-state index in [1.165, 1.54) is 5.56 Å². The predicted octanol–water partition coefficient (Wildman–Crippen LogP) is 2.46. The van der Waals surface area contributed by atoms with Crippen LogP contribution in [0.5, 0.6) is 5.75 Å². The highest BCUT2D eigenvalue weighted by Gasteiger charge is 2.20. The topological polar surface area (TPSA) is 33.7 Å². The van der Waals surface area contributed by atoms with Crippen LogP contribution in [0.4, 0.5) is 0 Å². The number of benzene rings is 1. The lowest BCUT2D eigenvalue weighted by Gasteiger charge is -2.33. The number of hydrogen-bond acceptors (Lipinski definition) is 4. The van der Waals surface area contributed by atoms with Gasteiger partial charge >= 0.3 is 0 Å². The van der Waals surface area contributed by atoms with Gasteiger partial charge in [0, 0.05) is 25.7 Å². The van der Waals surface area contributed by atoms with Crippen LogP contribution in [-0.2, 0) is 4.74 Å². The third-order valence-corrected chi connectivity index (χ3v) is 4.19. The van der Waals surface area contributed by atoms with Crippen LogP contribution in [0, 0.1) is 0 Å². The van der Waals surface area contributed by atoms with E-state index >= 15 is 0 Å². The molecule has 1 aromatic rings. The van der Waals surface area contributed by atoms with Crippen molar-refractivity contribution in [3.05, 3.63) is 29.8 Å². The van der Waals surface area contributed by atoms with Crippen molar-refractivity contribution in [3.63, 3.8) is 0 Å². The van der Waals surface area contributed by atoms with Crippen LogP contribution in [0.3, 0.4) is 0 Å². The van der Waals surface area contributed by atoms with Gasteiger partial charge in [-0.25, -0.2) is 0 Å². The first-order chi connectivity index (χ1) is 10.3. The number of methoxy groups -OCH3 is 1. The minimum Gasteiger partial charge on any atom is -0.497 e. The van der Waals surface area contributed by atoms with Crippen molar-refractivity contribution in [1.29, 1.82) is 0 Å². The summed E-state index contributed by atoms with van der Waals surface area (Å²) in [5, 5.41) is 3.65. The summed E-state index contributed by atoms with van der Waals surface area (Å²) in [5.74, 6) is 0.905. The SMILES string of the molecule is CCC(NCC1CN(CC)CCO1)c1ccc(OC)cc1. The maximum atomic E-state index is 5.85. The van der Waals surface area contributed by atoms with E-state index in [0.29, 0.717) is 12.1 Å². The molecule has 21 heavy (non-hydrogen) atoms. The molecule has 1 saturated heterocycles. The first-order valence-corrected chi connectivity index (χ1v) is 7.98. The Balaban J connectivity index is 1.86. The molecule has 0 saturated carbocycles. The second-order valence-corrected chi connectivity index (χ2v) is 5.53. The average Bonchev–Trinajstić information content (AvgIpc) is 2.56. The number of rotatable bonds is 7. The summed E-state index contributed by atoms with van der Waals surface area (Å²) in [6, 6.07) is 8.70. The molecule has 4 nitrogen and oxygen atoms in total. The van der Waals surface area contributed by atoms with Crippen molar-refractivity contribution < 1.29 is 9.47 Å². The Hall–Kier alpha value is -1.10. The molecule has 118 valence electrons. The van der Waals surface area contributed by atoms with Gasteiger partial charge in [0.1, 0.15) is 5.75 Å². The molecule has 0 aliphatic carbocycles. The summed E-state index contributed by atoms with van der Waals surface area (Å²) in [4.78, 5) is 2.45. The lowest BCUT2D eigenvalue weighted by molar-refractivity contribution is -0.0264. The Morgan fingerprint density at radius 1 is 1.33 bits per heavy atom. The van der Waals surface area contributed by atoms with Gasteiger partial charge in [-0.2, -0.15) is 0 Å². The smallest absolute Gasteiger partial charge is 0.118 e. The molecule has 2 unspecified atom stereocenters. The van der Waals surface area contributed by atoms with E-state index in [0.717, 1.165) is 45.0 Å². The van der Waals surface area contributed by atoms with Gasteiger partial charge in [0.2, 0.25) is 0 Å². The van der Waals surface area contributed by atoms with Crippen molar-refractivity contribution in [2.24, 2.45) is 0 Å². The second kappa shape index (κ2) is 8.37. The Bertz CT molecular complexity index is 408. The van der Waals surface area contributed by atoms with Gasteiger partial charge in [-0.3, -0.25) is 4.90 Å². The highest BCUT2D eigenvalue weighted by atomic mass is 16.5. The molecule has 4 heteroatoms. The van der Waals surface area contributed by atoms with Gasteiger partial charge < -0.3 is 14.8 Å². The van der Waals surface area contributed by atoms with Crippen molar-refractivity contribution in [3.8, 4) is 5.75 Å². The lowest BCUT2D eigenvalue weighted by Crippen LogP contribution is -2.46. The fourth-order valence-corrected chi connectivity index (χ4v) is 2.80. The van der Waals surface area contributed by atoms with Crippen LogP contribution < -0.4 is 10.1 Å². The molecular weight excluding hydrogens is 264 g/mol. The Labute approximate surface area is 128 Å². The first-order valence-electron chi connectivity index (χ1n) is 7.98. The summed E-state index contributed by atoms with van der Waals surface area (Å²) in [6.07, 6.45) is 1.36. The van der Waals surface area contributed by atoms with E-state index < -0.39 is 0 Å². The van der Waals surface area contributed by atoms with Gasteiger partial charge in [0.05, 0.1) is 19.8 Å². The van der Waals surface area contributed by atoms with Gasteiger partial charge in [-0.05, 0) is 30.7 Å². The van der Waals surface area contributed by atoms with E-state index in [9.17, 15) is 0 Å². The summed E-state index contributed by atoms with van der Waals surface area (Å²) in [5.41, 5.74) is 1.31. The Morgan fingerprint density at radius 3 is 2.71 bits per heavy atom. The number of likely N-dealkylation sites (N-methyl/N-ethyl adjacent to an activating group) is 1. The molecule has 0 amide bonds. The van der Waals surface area contributed by atoms with Crippen molar-refractivity contribution in [2.45, 2.75) is 32.4 Å². The van der Waals surface area contributed by atoms with Gasteiger partial charge in [0.15, 0.2) is 0 Å². The van der Waals surface area contributed by atoms with Crippen LogP contribution in [0.15, 0.2) is 24.3 Å². The van der Waals surface area contributed by atoms with Crippen molar-refractivity contribution >= 4 is 0 Å². The van der Waals surface area contributed by atoms with E-state index in [4.69, 9.17) is 9.47 Å². The molecule has 0 radical (unpaired) electrons. The zero-order valence-corrected chi connectivity index (χ0v) is 13.5. The average molecular weight is 292 g/mol. The van der Waals surface area contributed by atoms with Crippen LogP contribution in [0.1, 0.15) is 31.9 Å². The summed E-state index contributed by atoms with van der Waals surface area (Å²) >= 11 is 0. The Kier molecular flexibility index (Phi) is 6.49. The maximum Gasteiger partial charge on any atom is 0.118 e. The monoisotopic (exact) mass is 292 g/mol. The zero-order valence-electron chi connectivity index (χ0n) is 13.5. The third kappa shape index (κ3) is 4.70. The molecule has 1 N–H and O–H groups in total. The van der Waals surface area contributed by atoms with E-state index in [1.807, 2.05) is 12.1 Å². The molecule has 0 aromatic heterocycles. The largest absolute Gasteiger partial charge is 0.497 e. The fourth-order valence-electron chi connectivity index (χ4n) is 2.80. The van der Waals surface area contributed by atoms with Crippen LogP contribution in [0.25, 0.3) is 0 Å². The summed E-state index contributed by atoms with van der Waals surface area (Å²) < 4.78 is 11.1.